The molecule has 0 spiro atoms. The van der Waals surface area contributed by atoms with Crippen molar-refractivity contribution in [2.75, 3.05) is 13.2 Å². The van der Waals surface area contributed by atoms with E-state index in [9.17, 15) is 61.0 Å². The minimum atomic E-state index is -2.03. The second-order valence-corrected chi connectivity index (χ2v) is 23.1. The summed E-state index contributed by atoms with van der Waals surface area (Å²) in [5.74, 6) is -1.34. The van der Waals surface area contributed by atoms with E-state index in [0.717, 1.165) is 38.5 Å². The summed E-state index contributed by atoms with van der Waals surface area (Å²) in [6, 6.07) is 0. The lowest BCUT2D eigenvalue weighted by molar-refractivity contribution is -0.387. The van der Waals surface area contributed by atoms with Crippen LogP contribution in [0, 0.1) is 50.2 Å². The molecule has 18 heteroatoms. The summed E-state index contributed by atoms with van der Waals surface area (Å²) in [6.07, 6.45) is -17.6. The molecule has 0 bridgehead atoms. The highest BCUT2D eigenvalue weighted by Gasteiger charge is 2.70. The molecule has 0 amide bonds. The predicted octanol–water partition coefficient (Wildman–Crippen LogP) is 0.315. The lowest BCUT2D eigenvalue weighted by atomic mass is 9.33. The first kappa shape index (κ1) is 50.0. The first-order chi connectivity index (χ1) is 30.2. The molecule has 0 unspecified atom stereocenters. The van der Waals surface area contributed by atoms with Crippen molar-refractivity contribution < 1.29 is 89.4 Å². The molecule has 0 aromatic carbocycles. The Labute approximate surface area is 380 Å². The van der Waals surface area contributed by atoms with Crippen molar-refractivity contribution >= 4 is 5.97 Å². The Morgan fingerprint density at radius 2 is 1.35 bits per heavy atom. The van der Waals surface area contributed by atoms with E-state index in [2.05, 4.69) is 33.8 Å². The van der Waals surface area contributed by atoms with Gasteiger partial charge in [0.05, 0.1) is 37.6 Å². The maximum atomic E-state index is 12.4. The zero-order valence-electron chi connectivity index (χ0n) is 39.0. The molecule has 8 aliphatic rings. The molecule has 65 heavy (non-hydrogen) atoms. The third kappa shape index (κ3) is 7.53. The number of hydrogen-bond acceptors (Lipinski definition) is 17. The highest BCUT2D eigenvalue weighted by atomic mass is 16.8. The van der Waals surface area contributed by atoms with E-state index < -0.39 is 133 Å². The second kappa shape index (κ2) is 17.2. The van der Waals surface area contributed by atoms with Crippen LogP contribution in [0.15, 0.2) is 11.6 Å². The Morgan fingerprint density at radius 3 is 2.02 bits per heavy atom. The van der Waals surface area contributed by atoms with E-state index >= 15 is 0 Å². The Balaban J connectivity index is 1.06. The molecule has 4 saturated carbocycles. The molecule has 0 aromatic heterocycles. The fourth-order valence-corrected chi connectivity index (χ4v) is 14.8. The average Bonchev–Trinajstić information content (AvgIpc) is 3.25. The van der Waals surface area contributed by atoms with Crippen LogP contribution in [0.3, 0.4) is 0 Å². The van der Waals surface area contributed by atoms with Gasteiger partial charge in [0, 0.05) is 10.8 Å². The number of aliphatic hydroxyl groups excluding tert-OH is 10. The molecule has 3 aliphatic heterocycles. The van der Waals surface area contributed by atoms with E-state index in [0.29, 0.717) is 12.8 Å². The van der Waals surface area contributed by atoms with Crippen molar-refractivity contribution in [3.8, 4) is 0 Å². The second-order valence-electron chi connectivity index (χ2n) is 23.1. The number of allylic oxidation sites excluding steroid dienone is 2. The molecule has 8 rings (SSSR count). The van der Waals surface area contributed by atoms with Crippen molar-refractivity contribution in [1.82, 2.24) is 0 Å². The third-order valence-electron chi connectivity index (χ3n) is 19.4. The Hall–Kier alpha value is -1.43. The van der Waals surface area contributed by atoms with Gasteiger partial charge in [-0.25, -0.2) is 4.79 Å². The summed E-state index contributed by atoms with van der Waals surface area (Å²) < 4.78 is 36.0. The van der Waals surface area contributed by atoms with Gasteiger partial charge in [0.2, 0.25) is 0 Å². The number of ether oxygens (including phenoxy) is 6. The van der Waals surface area contributed by atoms with Gasteiger partial charge in [-0.2, -0.15) is 0 Å². The third-order valence-corrected chi connectivity index (χ3v) is 19.4. The van der Waals surface area contributed by atoms with E-state index in [-0.39, 0.29) is 40.6 Å². The molecule has 3 saturated heterocycles. The highest BCUT2D eigenvalue weighted by Crippen LogP contribution is 2.76. The average molecular weight is 929 g/mol. The lowest BCUT2D eigenvalue weighted by Gasteiger charge is -2.72. The van der Waals surface area contributed by atoms with Gasteiger partial charge in [-0.3, -0.25) is 0 Å². The minimum absolute atomic E-state index is 0.0853. The van der Waals surface area contributed by atoms with Crippen LogP contribution in [0.4, 0.5) is 0 Å². The topological polar surface area (TPSA) is 295 Å². The highest BCUT2D eigenvalue weighted by molar-refractivity contribution is 5.73. The van der Waals surface area contributed by atoms with Crippen LogP contribution in [0.2, 0.25) is 0 Å². The van der Waals surface area contributed by atoms with Crippen LogP contribution >= 0.6 is 0 Å². The van der Waals surface area contributed by atoms with Gasteiger partial charge < -0.3 is 84.6 Å². The van der Waals surface area contributed by atoms with Crippen molar-refractivity contribution in [2.24, 2.45) is 50.2 Å². The van der Waals surface area contributed by atoms with Crippen LogP contribution in [-0.4, -0.2) is 180 Å². The zero-order valence-corrected chi connectivity index (χ0v) is 39.0. The van der Waals surface area contributed by atoms with Gasteiger partial charge in [0.1, 0.15) is 54.9 Å². The van der Waals surface area contributed by atoms with Crippen LogP contribution in [0.5, 0.6) is 0 Å². The van der Waals surface area contributed by atoms with E-state index in [1.165, 1.54) is 12.5 Å². The maximum Gasteiger partial charge on any atom is 0.335 e. The molecular weight excluding hydrogens is 852 g/mol. The molecule has 5 aliphatic carbocycles. The molecular formula is C47H76O18. The van der Waals surface area contributed by atoms with Gasteiger partial charge in [-0.1, -0.05) is 60.1 Å². The number of rotatable bonds is 8. The first-order valence-electron chi connectivity index (χ1n) is 23.8. The summed E-state index contributed by atoms with van der Waals surface area (Å²) in [7, 11) is 0. The minimum Gasteiger partial charge on any atom is -0.479 e. The van der Waals surface area contributed by atoms with Crippen LogP contribution in [0.25, 0.3) is 0 Å². The van der Waals surface area contributed by atoms with Crippen molar-refractivity contribution in [1.29, 1.82) is 0 Å². The number of aliphatic hydroxyl groups is 10. The normalized spacial score (nSPS) is 56.6. The van der Waals surface area contributed by atoms with E-state index in [4.69, 9.17) is 28.4 Å². The van der Waals surface area contributed by atoms with Crippen molar-refractivity contribution in [3.63, 3.8) is 0 Å². The van der Waals surface area contributed by atoms with Gasteiger partial charge in [-0.05, 0) is 97.7 Å². The SMILES string of the molecule is C[C@@H]1O[C@@H](O[C@H]2[C@H](O[C@H]3[C@H](O[C@H]4CC[C@@]5(C)[C@@H](CC[C@]6(C)[C@@H]5CC=C5[C@@H]7CC(C)(C)[C@@H](O)[C@@H](O)[C@]7(C)CC[C@]56C)[C@@]4(C)CO)O[C@H](C(=O)O)[C@@H](O)[C@@H]3O)OC[C@H](O)[C@@H]2O)[C@H](O)[C@H](O)[C@H]1O. The first-order valence-corrected chi connectivity index (χ1v) is 23.8. The summed E-state index contributed by atoms with van der Waals surface area (Å²) in [4.78, 5) is 12.4. The van der Waals surface area contributed by atoms with E-state index in [1.54, 1.807) is 0 Å². The lowest BCUT2D eigenvalue weighted by Crippen LogP contribution is -2.68. The van der Waals surface area contributed by atoms with Gasteiger partial charge >= 0.3 is 5.97 Å². The number of carboxylic acids is 1. The van der Waals surface area contributed by atoms with Gasteiger partial charge in [0.25, 0.3) is 0 Å². The summed E-state index contributed by atoms with van der Waals surface area (Å²) in [5.41, 5.74) is -1.03. The van der Waals surface area contributed by atoms with Crippen LogP contribution < -0.4 is 0 Å². The molecule has 0 aromatic rings. The molecule has 11 N–H and O–H groups in total. The smallest absolute Gasteiger partial charge is 0.335 e. The predicted molar refractivity (Wildman–Crippen MR) is 226 cm³/mol. The molecule has 7 fully saturated rings. The maximum absolute atomic E-state index is 12.4. The van der Waals surface area contributed by atoms with Crippen LogP contribution in [0.1, 0.15) is 107 Å². The van der Waals surface area contributed by atoms with Gasteiger partial charge in [0.15, 0.2) is 25.0 Å². The summed E-state index contributed by atoms with van der Waals surface area (Å²) in [6.45, 7) is 16.0. The Morgan fingerprint density at radius 1 is 0.692 bits per heavy atom. The molecule has 372 valence electrons. The van der Waals surface area contributed by atoms with Crippen molar-refractivity contribution in [2.45, 2.75) is 211 Å². The summed E-state index contributed by atoms with van der Waals surface area (Å²) in [5, 5.41) is 120. The van der Waals surface area contributed by atoms with Crippen molar-refractivity contribution in [3.05, 3.63) is 11.6 Å². The molecule has 0 radical (unpaired) electrons. The summed E-state index contributed by atoms with van der Waals surface area (Å²) >= 11 is 0. The van der Waals surface area contributed by atoms with Gasteiger partial charge in [-0.15, -0.1) is 0 Å². The number of carboxylic acid groups (broad SMARTS) is 1. The zero-order chi connectivity index (χ0) is 47.7. The fourth-order valence-electron chi connectivity index (χ4n) is 14.8. The molecule has 25 atom stereocenters. The van der Waals surface area contributed by atoms with Crippen LogP contribution in [-0.2, 0) is 33.2 Å². The number of hydrogen-bond donors (Lipinski definition) is 11. The Bertz CT molecular complexity index is 1800. The Kier molecular flexibility index (Phi) is 13.2. The molecule has 18 nitrogen and oxygen atoms in total. The fraction of sp³-hybridized carbons (Fsp3) is 0.936. The number of carbonyl (C=O) groups is 1. The molecule has 3 heterocycles. The number of aliphatic carboxylic acids is 1. The largest absolute Gasteiger partial charge is 0.479 e. The monoisotopic (exact) mass is 929 g/mol. The number of fused-ring (bicyclic) bond motifs is 7. The van der Waals surface area contributed by atoms with E-state index in [1.807, 2.05) is 20.8 Å². The standard InChI is InChI=1S/C47H76O18/c1-20-27(50)29(52)32(55)39(61-20)64-34-28(51)23(49)18-60-40(34)65-35-31(54)30(53)33(38(58)59)63-41(35)62-26-12-13-44(5)24(45(26,6)19-48)11-14-47(8)25(44)10-9-21-22-17-42(2,3)36(56)37(57)43(22,4)15-16-46(21,47)7/h9,20,22-37,39-41,48-57H,10-19H2,1-8H3,(H,58,59)/t20-,22-,23-,24+,25+,26-,27-,28-,29+,30-,31-,32+,33-,34+,35+,36-,37+,39-,40-,41+,43+,44-,45+,46+,47+/m0/s1. The quantitative estimate of drug-likeness (QED) is 0.115.